The van der Waals surface area contributed by atoms with E-state index in [9.17, 15) is 14.4 Å². The van der Waals surface area contributed by atoms with Crippen LogP contribution in [-0.2, 0) is 16.0 Å². The summed E-state index contributed by atoms with van der Waals surface area (Å²) >= 11 is 0. The first kappa shape index (κ1) is 21.1. The van der Waals surface area contributed by atoms with Gasteiger partial charge in [0.05, 0.1) is 5.56 Å². The highest BCUT2D eigenvalue weighted by atomic mass is 16.5. The van der Waals surface area contributed by atoms with Gasteiger partial charge in [-0.2, -0.15) is 0 Å². The van der Waals surface area contributed by atoms with E-state index in [1.807, 2.05) is 43.3 Å². The van der Waals surface area contributed by atoms with Crippen LogP contribution in [0, 0.1) is 5.92 Å². The molecule has 6 nitrogen and oxygen atoms in total. The lowest BCUT2D eigenvalue weighted by Crippen LogP contribution is -2.43. The summed E-state index contributed by atoms with van der Waals surface area (Å²) in [5, 5.41) is 2.95. The Kier molecular flexibility index (Phi) is 6.35. The SMILES string of the molecule is CCCNC(=O)C1CCN(C(=O)c2ccc3c(c2)CC(c2ccccc2)OC3=O)CC1. The van der Waals surface area contributed by atoms with Crippen LogP contribution in [0.5, 0.6) is 0 Å². The van der Waals surface area contributed by atoms with Crippen molar-refractivity contribution in [1.29, 1.82) is 0 Å². The van der Waals surface area contributed by atoms with Gasteiger partial charge in [-0.15, -0.1) is 0 Å². The second-order valence-corrected chi connectivity index (χ2v) is 8.24. The molecule has 2 aromatic rings. The molecule has 0 radical (unpaired) electrons. The highest BCUT2D eigenvalue weighted by Gasteiger charge is 2.30. The topological polar surface area (TPSA) is 75.7 Å². The Balaban J connectivity index is 1.44. The Hall–Kier alpha value is -3.15. The maximum atomic E-state index is 13.1. The fourth-order valence-corrected chi connectivity index (χ4v) is 4.30. The van der Waals surface area contributed by atoms with E-state index in [4.69, 9.17) is 4.74 Å². The molecule has 2 heterocycles. The number of hydrogen-bond acceptors (Lipinski definition) is 4. The Bertz CT molecular complexity index is 965. The molecular formula is C25H28N2O4. The van der Waals surface area contributed by atoms with Gasteiger partial charge in [-0.25, -0.2) is 4.79 Å². The van der Waals surface area contributed by atoms with Crippen molar-refractivity contribution in [2.45, 2.75) is 38.7 Å². The number of fused-ring (bicyclic) bond motifs is 1. The van der Waals surface area contributed by atoms with Crippen molar-refractivity contribution < 1.29 is 19.1 Å². The van der Waals surface area contributed by atoms with Crippen molar-refractivity contribution in [1.82, 2.24) is 10.2 Å². The van der Waals surface area contributed by atoms with E-state index in [-0.39, 0.29) is 29.8 Å². The standard InChI is InChI=1S/C25H28N2O4/c1-2-12-26-23(28)18-10-13-27(14-11-18)24(29)19-8-9-21-20(15-19)16-22(31-25(21)30)17-6-4-3-5-7-17/h3-9,15,18,22H,2,10-14,16H2,1H3,(H,26,28). The lowest BCUT2D eigenvalue weighted by Gasteiger charge is -2.32. The van der Waals surface area contributed by atoms with E-state index in [0.717, 1.165) is 17.5 Å². The number of carbonyl (C=O) groups excluding carboxylic acids is 3. The molecule has 0 aliphatic carbocycles. The third-order valence-corrected chi connectivity index (χ3v) is 6.10. The summed E-state index contributed by atoms with van der Waals surface area (Å²) in [6.45, 7) is 3.85. The van der Waals surface area contributed by atoms with Gasteiger partial charge < -0.3 is 15.0 Å². The Morgan fingerprint density at radius 3 is 2.55 bits per heavy atom. The van der Waals surface area contributed by atoms with Crippen molar-refractivity contribution in [3.63, 3.8) is 0 Å². The van der Waals surface area contributed by atoms with Crippen LogP contribution < -0.4 is 5.32 Å². The molecule has 1 fully saturated rings. The zero-order valence-corrected chi connectivity index (χ0v) is 17.8. The number of rotatable bonds is 5. The largest absolute Gasteiger partial charge is 0.454 e. The monoisotopic (exact) mass is 420 g/mol. The number of ether oxygens (including phenoxy) is 1. The molecule has 31 heavy (non-hydrogen) atoms. The molecule has 1 unspecified atom stereocenters. The number of hydrogen-bond donors (Lipinski definition) is 1. The summed E-state index contributed by atoms with van der Waals surface area (Å²) in [4.78, 5) is 39.5. The summed E-state index contributed by atoms with van der Waals surface area (Å²) in [6, 6.07) is 14.9. The first-order valence-electron chi connectivity index (χ1n) is 11.0. The minimum Gasteiger partial charge on any atom is -0.454 e. The fourth-order valence-electron chi connectivity index (χ4n) is 4.30. The summed E-state index contributed by atoms with van der Waals surface area (Å²) in [5.41, 5.74) is 2.88. The summed E-state index contributed by atoms with van der Waals surface area (Å²) in [7, 11) is 0. The molecule has 1 saturated heterocycles. The Morgan fingerprint density at radius 1 is 1.10 bits per heavy atom. The number of nitrogens with one attached hydrogen (secondary N) is 1. The molecule has 0 bridgehead atoms. The number of benzene rings is 2. The van der Waals surface area contributed by atoms with Crippen molar-refractivity contribution in [3.8, 4) is 0 Å². The molecule has 2 aliphatic rings. The normalized spacial score (nSPS) is 18.8. The van der Waals surface area contributed by atoms with Crippen molar-refractivity contribution in [3.05, 3.63) is 70.8 Å². The highest BCUT2D eigenvalue weighted by Crippen LogP contribution is 2.31. The maximum Gasteiger partial charge on any atom is 0.339 e. The molecule has 0 aromatic heterocycles. The van der Waals surface area contributed by atoms with Crippen molar-refractivity contribution >= 4 is 17.8 Å². The summed E-state index contributed by atoms with van der Waals surface area (Å²) < 4.78 is 5.61. The quantitative estimate of drug-likeness (QED) is 0.751. The first-order valence-corrected chi connectivity index (χ1v) is 11.0. The van der Waals surface area contributed by atoms with Gasteiger partial charge in [0.1, 0.15) is 6.10 Å². The van der Waals surface area contributed by atoms with Gasteiger partial charge in [-0.1, -0.05) is 37.3 Å². The van der Waals surface area contributed by atoms with Crippen LogP contribution in [0.25, 0.3) is 0 Å². The molecule has 0 saturated carbocycles. The number of esters is 1. The third kappa shape index (κ3) is 4.63. The minimum absolute atomic E-state index is 0.0273. The molecule has 0 spiro atoms. The molecule has 2 aliphatic heterocycles. The van der Waals surface area contributed by atoms with E-state index in [2.05, 4.69) is 5.32 Å². The Labute approximate surface area is 182 Å². The zero-order valence-electron chi connectivity index (χ0n) is 17.8. The minimum atomic E-state index is -0.354. The molecule has 6 heteroatoms. The van der Waals surface area contributed by atoms with Gasteiger partial charge in [0.15, 0.2) is 0 Å². The van der Waals surface area contributed by atoms with Crippen LogP contribution in [0.3, 0.4) is 0 Å². The first-order chi connectivity index (χ1) is 15.1. The van der Waals surface area contributed by atoms with Gasteiger partial charge >= 0.3 is 5.97 Å². The molecule has 4 rings (SSSR count). The van der Waals surface area contributed by atoms with E-state index in [1.54, 1.807) is 17.0 Å². The lowest BCUT2D eigenvalue weighted by molar-refractivity contribution is -0.126. The molecule has 1 N–H and O–H groups in total. The Morgan fingerprint density at radius 2 is 1.84 bits per heavy atom. The van der Waals surface area contributed by atoms with E-state index < -0.39 is 0 Å². The summed E-state index contributed by atoms with van der Waals surface area (Å²) in [6.07, 6.45) is 2.47. The average molecular weight is 421 g/mol. The van der Waals surface area contributed by atoms with Gasteiger partial charge in [0, 0.05) is 37.5 Å². The number of cyclic esters (lactones) is 1. The van der Waals surface area contributed by atoms with Crippen LogP contribution in [0.4, 0.5) is 0 Å². The molecule has 2 amide bonds. The van der Waals surface area contributed by atoms with Crippen LogP contribution in [0.15, 0.2) is 48.5 Å². The van der Waals surface area contributed by atoms with Crippen molar-refractivity contribution in [2.24, 2.45) is 5.92 Å². The predicted octanol–water partition coefficient (Wildman–Crippen LogP) is 3.52. The average Bonchev–Trinajstić information content (AvgIpc) is 2.82. The van der Waals surface area contributed by atoms with Crippen LogP contribution in [0.2, 0.25) is 0 Å². The van der Waals surface area contributed by atoms with Gasteiger partial charge in [-0.3, -0.25) is 9.59 Å². The van der Waals surface area contributed by atoms with Gasteiger partial charge in [0.25, 0.3) is 5.91 Å². The summed E-state index contributed by atoms with van der Waals surface area (Å²) in [5.74, 6) is -0.341. The number of nitrogens with zero attached hydrogens (tertiary/aromatic N) is 1. The lowest BCUT2D eigenvalue weighted by atomic mass is 9.92. The smallest absolute Gasteiger partial charge is 0.339 e. The highest BCUT2D eigenvalue weighted by molar-refractivity contribution is 5.98. The van der Waals surface area contributed by atoms with Crippen LogP contribution >= 0.6 is 0 Å². The molecule has 1 atom stereocenters. The zero-order chi connectivity index (χ0) is 21.8. The number of carbonyl (C=O) groups is 3. The molecule has 2 aromatic carbocycles. The van der Waals surface area contributed by atoms with Gasteiger partial charge in [-0.05, 0) is 48.6 Å². The van der Waals surface area contributed by atoms with Crippen LogP contribution in [0.1, 0.15) is 64.1 Å². The number of likely N-dealkylation sites (tertiary alicyclic amines) is 1. The number of amides is 2. The predicted molar refractivity (Wildman–Crippen MR) is 117 cm³/mol. The molecule has 162 valence electrons. The van der Waals surface area contributed by atoms with E-state index in [1.165, 1.54) is 0 Å². The van der Waals surface area contributed by atoms with E-state index >= 15 is 0 Å². The second kappa shape index (κ2) is 9.33. The van der Waals surface area contributed by atoms with Crippen molar-refractivity contribution in [2.75, 3.05) is 19.6 Å². The fraction of sp³-hybridized carbons (Fsp3) is 0.400. The second-order valence-electron chi connectivity index (χ2n) is 8.24. The third-order valence-electron chi connectivity index (χ3n) is 6.10. The van der Waals surface area contributed by atoms with Crippen LogP contribution in [-0.4, -0.2) is 42.3 Å². The number of piperidine rings is 1. The molecular weight excluding hydrogens is 392 g/mol. The van der Waals surface area contributed by atoms with Gasteiger partial charge in [0.2, 0.25) is 5.91 Å². The maximum absolute atomic E-state index is 13.1. The van der Waals surface area contributed by atoms with E-state index in [0.29, 0.717) is 50.0 Å².